The lowest BCUT2D eigenvalue weighted by atomic mass is 9.95. The van der Waals surface area contributed by atoms with Crippen LogP contribution in [0.1, 0.15) is 57.2 Å². The Morgan fingerprint density at radius 2 is 1.81 bits per heavy atom. The second-order valence-electron chi connectivity index (χ2n) is 6.46. The maximum Gasteiger partial charge on any atom is 0.0319 e. The molecular weight excluding hydrogens is 256 g/mol. The largest absolute Gasteiger partial charge is 0.317 e. The quantitative estimate of drug-likeness (QED) is 0.815. The lowest BCUT2D eigenvalue weighted by Gasteiger charge is -2.34. The molecule has 1 heterocycles. The molecule has 1 unspecified atom stereocenters. The van der Waals surface area contributed by atoms with E-state index < -0.39 is 0 Å². The Morgan fingerprint density at radius 3 is 2.38 bits per heavy atom. The highest BCUT2D eigenvalue weighted by molar-refractivity contribution is 5.24. The number of piperidine rings is 1. The van der Waals surface area contributed by atoms with Crippen LogP contribution in [0.5, 0.6) is 0 Å². The van der Waals surface area contributed by atoms with Crippen molar-refractivity contribution in [3.63, 3.8) is 0 Å². The standard InChI is InChI=1S/C19H32N2/c1-4-14-21(15-18-10-12-20-13-11-18)16(3)19-8-6-17(5-2)7-9-19/h6-9,16,18,20H,4-5,10-15H2,1-3H3. The van der Waals surface area contributed by atoms with Gasteiger partial charge >= 0.3 is 0 Å². The number of aryl methyl sites for hydroxylation is 1. The predicted molar refractivity (Wildman–Crippen MR) is 91.7 cm³/mol. The molecule has 1 aromatic carbocycles. The Kier molecular flexibility index (Phi) is 6.72. The Labute approximate surface area is 130 Å². The second kappa shape index (κ2) is 8.55. The molecule has 1 saturated heterocycles. The minimum Gasteiger partial charge on any atom is -0.317 e. The van der Waals surface area contributed by atoms with Gasteiger partial charge in [-0.25, -0.2) is 0 Å². The van der Waals surface area contributed by atoms with Crippen molar-refractivity contribution < 1.29 is 0 Å². The van der Waals surface area contributed by atoms with Gasteiger partial charge in [0.25, 0.3) is 0 Å². The summed E-state index contributed by atoms with van der Waals surface area (Å²) in [5.41, 5.74) is 2.90. The average Bonchev–Trinajstić information content (AvgIpc) is 2.55. The van der Waals surface area contributed by atoms with Crippen LogP contribution in [0, 0.1) is 5.92 Å². The molecule has 0 radical (unpaired) electrons. The third kappa shape index (κ3) is 4.82. The van der Waals surface area contributed by atoms with Gasteiger partial charge in [0.05, 0.1) is 0 Å². The van der Waals surface area contributed by atoms with Gasteiger partial charge in [-0.2, -0.15) is 0 Å². The van der Waals surface area contributed by atoms with Crippen LogP contribution in [0.3, 0.4) is 0 Å². The van der Waals surface area contributed by atoms with Gasteiger partial charge in [-0.15, -0.1) is 0 Å². The first kappa shape index (κ1) is 16.5. The third-order valence-corrected chi connectivity index (χ3v) is 4.88. The van der Waals surface area contributed by atoms with Crippen LogP contribution in [0.25, 0.3) is 0 Å². The third-order valence-electron chi connectivity index (χ3n) is 4.88. The van der Waals surface area contributed by atoms with Crippen molar-refractivity contribution >= 4 is 0 Å². The van der Waals surface area contributed by atoms with Gasteiger partial charge in [0, 0.05) is 12.6 Å². The van der Waals surface area contributed by atoms with Crippen molar-refractivity contribution in [1.29, 1.82) is 0 Å². The Balaban J connectivity index is 2.00. The normalized spacial score (nSPS) is 18.1. The van der Waals surface area contributed by atoms with Gasteiger partial charge in [-0.1, -0.05) is 38.1 Å². The maximum atomic E-state index is 3.48. The molecule has 21 heavy (non-hydrogen) atoms. The summed E-state index contributed by atoms with van der Waals surface area (Å²) in [7, 11) is 0. The first-order valence-electron chi connectivity index (χ1n) is 8.78. The molecule has 0 spiro atoms. The van der Waals surface area contributed by atoms with E-state index in [9.17, 15) is 0 Å². The van der Waals surface area contributed by atoms with E-state index in [4.69, 9.17) is 0 Å². The highest BCUT2D eigenvalue weighted by atomic mass is 15.2. The van der Waals surface area contributed by atoms with Crippen LogP contribution in [-0.2, 0) is 6.42 Å². The van der Waals surface area contributed by atoms with E-state index in [1.165, 1.54) is 56.6 Å². The maximum absolute atomic E-state index is 3.48. The van der Waals surface area contributed by atoms with E-state index in [2.05, 4.69) is 55.3 Å². The average molecular weight is 288 g/mol. The molecule has 1 aliphatic rings. The van der Waals surface area contributed by atoms with Gasteiger partial charge in [-0.05, 0) is 69.3 Å². The molecule has 0 bridgehead atoms. The van der Waals surface area contributed by atoms with E-state index in [1.54, 1.807) is 0 Å². The zero-order chi connectivity index (χ0) is 15.1. The van der Waals surface area contributed by atoms with Gasteiger partial charge < -0.3 is 5.32 Å². The predicted octanol–water partition coefficient (Wildman–Crippen LogP) is 4.02. The lowest BCUT2D eigenvalue weighted by Crippen LogP contribution is -2.37. The first-order valence-corrected chi connectivity index (χ1v) is 8.78. The molecule has 2 rings (SSSR count). The molecule has 0 aliphatic carbocycles. The number of rotatable bonds is 7. The summed E-state index contributed by atoms with van der Waals surface area (Å²) in [6.07, 6.45) is 5.04. The summed E-state index contributed by atoms with van der Waals surface area (Å²) in [6.45, 7) is 11.8. The molecule has 2 heteroatoms. The van der Waals surface area contributed by atoms with Gasteiger partial charge in [0.2, 0.25) is 0 Å². The molecule has 0 saturated carbocycles. The molecular formula is C19H32N2. The lowest BCUT2D eigenvalue weighted by molar-refractivity contribution is 0.161. The number of nitrogens with one attached hydrogen (secondary N) is 1. The molecule has 1 N–H and O–H groups in total. The molecule has 1 atom stereocenters. The number of benzene rings is 1. The molecule has 0 aromatic heterocycles. The van der Waals surface area contributed by atoms with Crippen molar-refractivity contribution in [3.05, 3.63) is 35.4 Å². The van der Waals surface area contributed by atoms with Crippen LogP contribution >= 0.6 is 0 Å². The Bertz CT molecular complexity index is 393. The molecule has 2 nitrogen and oxygen atoms in total. The number of hydrogen-bond donors (Lipinski definition) is 1. The smallest absolute Gasteiger partial charge is 0.0319 e. The van der Waals surface area contributed by atoms with Crippen LogP contribution < -0.4 is 5.32 Å². The van der Waals surface area contributed by atoms with Crippen molar-refractivity contribution in [3.8, 4) is 0 Å². The SMILES string of the molecule is CCCN(CC1CCNCC1)C(C)c1ccc(CC)cc1. The molecule has 1 fully saturated rings. The van der Waals surface area contributed by atoms with E-state index in [0.717, 1.165) is 12.3 Å². The van der Waals surface area contributed by atoms with Crippen LogP contribution in [0.2, 0.25) is 0 Å². The summed E-state index contributed by atoms with van der Waals surface area (Å²) in [4.78, 5) is 2.69. The fourth-order valence-corrected chi connectivity index (χ4v) is 3.37. The van der Waals surface area contributed by atoms with E-state index >= 15 is 0 Å². The molecule has 118 valence electrons. The summed E-state index contributed by atoms with van der Waals surface area (Å²) in [5.74, 6) is 0.871. The van der Waals surface area contributed by atoms with E-state index in [1.807, 2.05) is 0 Å². The minimum atomic E-state index is 0.533. The minimum absolute atomic E-state index is 0.533. The molecule has 0 amide bonds. The highest BCUT2D eigenvalue weighted by Crippen LogP contribution is 2.24. The first-order chi connectivity index (χ1) is 10.2. The molecule has 1 aliphatic heterocycles. The van der Waals surface area contributed by atoms with Crippen LogP contribution in [0.4, 0.5) is 0 Å². The summed E-state index contributed by atoms with van der Waals surface area (Å²) in [6, 6.07) is 9.77. The van der Waals surface area contributed by atoms with Crippen molar-refractivity contribution in [2.24, 2.45) is 5.92 Å². The number of hydrogen-bond acceptors (Lipinski definition) is 2. The zero-order valence-corrected chi connectivity index (χ0v) is 14.1. The monoisotopic (exact) mass is 288 g/mol. The fraction of sp³-hybridized carbons (Fsp3) is 0.684. The van der Waals surface area contributed by atoms with Gasteiger partial charge in [0.1, 0.15) is 0 Å². The summed E-state index contributed by atoms with van der Waals surface area (Å²) < 4.78 is 0. The summed E-state index contributed by atoms with van der Waals surface area (Å²) in [5, 5.41) is 3.48. The van der Waals surface area contributed by atoms with Gasteiger partial charge in [0.15, 0.2) is 0 Å². The van der Waals surface area contributed by atoms with Crippen molar-refractivity contribution in [2.45, 2.75) is 52.5 Å². The second-order valence-corrected chi connectivity index (χ2v) is 6.46. The van der Waals surface area contributed by atoms with Crippen LogP contribution in [-0.4, -0.2) is 31.1 Å². The Morgan fingerprint density at radius 1 is 1.14 bits per heavy atom. The van der Waals surface area contributed by atoms with Crippen molar-refractivity contribution in [2.75, 3.05) is 26.2 Å². The molecule has 1 aromatic rings. The zero-order valence-electron chi connectivity index (χ0n) is 14.1. The summed E-state index contributed by atoms with van der Waals surface area (Å²) >= 11 is 0. The van der Waals surface area contributed by atoms with E-state index in [0.29, 0.717) is 6.04 Å². The van der Waals surface area contributed by atoms with Gasteiger partial charge in [-0.3, -0.25) is 4.90 Å². The number of nitrogens with zero attached hydrogens (tertiary/aromatic N) is 1. The fourth-order valence-electron chi connectivity index (χ4n) is 3.37. The highest BCUT2D eigenvalue weighted by Gasteiger charge is 2.21. The van der Waals surface area contributed by atoms with Crippen molar-refractivity contribution in [1.82, 2.24) is 10.2 Å². The Hall–Kier alpha value is -0.860. The van der Waals surface area contributed by atoms with Crippen LogP contribution in [0.15, 0.2) is 24.3 Å². The topological polar surface area (TPSA) is 15.3 Å². The van der Waals surface area contributed by atoms with E-state index in [-0.39, 0.29) is 0 Å².